The predicted octanol–water partition coefficient (Wildman–Crippen LogP) is 0.335. The van der Waals surface area contributed by atoms with E-state index < -0.39 is 0 Å². The number of likely N-dealkylation sites (N-methyl/N-ethyl adjacent to an activating group) is 1. The van der Waals surface area contributed by atoms with Gasteiger partial charge >= 0.3 is 0 Å². The quantitative estimate of drug-likeness (QED) is 0.555. The van der Waals surface area contributed by atoms with E-state index in [1.165, 1.54) is 0 Å². The predicted molar refractivity (Wildman–Crippen MR) is 48.9 cm³/mol. The molecule has 0 spiro atoms. The van der Waals surface area contributed by atoms with Gasteiger partial charge in [-0.1, -0.05) is 6.08 Å². The Bertz CT molecular complexity index is 191. The average molecular weight is 168 g/mol. The highest BCUT2D eigenvalue weighted by Gasteiger charge is 2.25. The van der Waals surface area contributed by atoms with Crippen LogP contribution in [0.25, 0.3) is 0 Å². The van der Waals surface area contributed by atoms with Gasteiger partial charge in [-0.05, 0) is 6.92 Å². The van der Waals surface area contributed by atoms with Crippen LogP contribution < -0.4 is 0 Å². The number of nitrogens with zero attached hydrogens (tertiary/aromatic N) is 2. The number of carbonyl (C=O) groups is 1. The van der Waals surface area contributed by atoms with Crippen molar-refractivity contribution in [1.29, 1.82) is 0 Å². The topological polar surface area (TPSA) is 23.6 Å². The lowest BCUT2D eigenvalue weighted by molar-refractivity contribution is -0.137. The van der Waals surface area contributed by atoms with E-state index in [1.54, 1.807) is 4.90 Å². The molecule has 68 valence electrons. The summed E-state index contributed by atoms with van der Waals surface area (Å²) in [4.78, 5) is 15.3. The Morgan fingerprint density at radius 3 is 2.92 bits per heavy atom. The fourth-order valence-corrected chi connectivity index (χ4v) is 1.43. The number of amides is 1. The van der Waals surface area contributed by atoms with E-state index in [0.29, 0.717) is 12.6 Å². The van der Waals surface area contributed by atoms with Gasteiger partial charge in [0.2, 0.25) is 5.91 Å². The van der Waals surface area contributed by atoms with Crippen LogP contribution in [0.3, 0.4) is 0 Å². The first-order valence-corrected chi connectivity index (χ1v) is 4.24. The van der Waals surface area contributed by atoms with Crippen molar-refractivity contribution in [2.24, 2.45) is 0 Å². The summed E-state index contributed by atoms with van der Waals surface area (Å²) in [5.74, 6) is 0.204. The summed E-state index contributed by atoms with van der Waals surface area (Å²) >= 11 is 0. The molecular formula is C9H16N2O. The highest BCUT2D eigenvalue weighted by Crippen LogP contribution is 2.07. The largest absolute Gasteiger partial charge is 0.341 e. The number of carbonyl (C=O) groups excluding carboxylic acids is 1. The Kier molecular flexibility index (Phi) is 2.87. The second kappa shape index (κ2) is 3.72. The molecule has 0 N–H and O–H groups in total. The summed E-state index contributed by atoms with van der Waals surface area (Å²) in [6.45, 7) is 8.02. The third-order valence-electron chi connectivity index (χ3n) is 2.32. The van der Waals surface area contributed by atoms with Crippen molar-refractivity contribution in [3.05, 3.63) is 12.7 Å². The molecule has 0 bridgehead atoms. The van der Waals surface area contributed by atoms with Crippen LogP contribution in [0.5, 0.6) is 0 Å². The van der Waals surface area contributed by atoms with Crippen molar-refractivity contribution >= 4 is 5.91 Å². The zero-order valence-corrected chi connectivity index (χ0v) is 7.79. The van der Waals surface area contributed by atoms with E-state index in [9.17, 15) is 4.79 Å². The van der Waals surface area contributed by atoms with E-state index >= 15 is 0 Å². The van der Waals surface area contributed by atoms with Crippen LogP contribution in [-0.2, 0) is 4.79 Å². The van der Waals surface area contributed by atoms with Crippen molar-refractivity contribution in [3.63, 3.8) is 0 Å². The molecule has 0 aromatic rings. The van der Waals surface area contributed by atoms with Gasteiger partial charge in [0.25, 0.3) is 0 Å². The Hall–Kier alpha value is -0.830. The molecule has 1 aliphatic heterocycles. The first kappa shape index (κ1) is 9.26. The number of rotatable bonds is 2. The van der Waals surface area contributed by atoms with Crippen LogP contribution in [0, 0.1) is 0 Å². The smallest absolute Gasteiger partial charge is 0.236 e. The van der Waals surface area contributed by atoms with Gasteiger partial charge in [-0.3, -0.25) is 9.69 Å². The zero-order chi connectivity index (χ0) is 9.14. The van der Waals surface area contributed by atoms with E-state index in [2.05, 4.69) is 18.4 Å². The Morgan fingerprint density at radius 1 is 1.75 bits per heavy atom. The van der Waals surface area contributed by atoms with Gasteiger partial charge < -0.3 is 4.90 Å². The fraction of sp³-hybridized carbons (Fsp3) is 0.667. The molecule has 3 nitrogen and oxygen atoms in total. The Morgan fingerprint density at radius 2 is 2.42 bits per heavy atom. The highest BCUT2D eigenvalue weighted by molar-refractivity contribution is 5.79. The third kappa shape index (κ3) is 1.85. The molecule has 0 aliphatic carbocycles. The van der Waals surface area contributed by atoms with E-state index in [4.69, 9.17) is 0 Å². The molecule has 1 atom stereocenters. The lowest BCUT2D eigenvalue weighted by Crippen LogP contribution is -2.53. The molecule has 1 unspecified atom stereocenters. The van der Waals surface area contributed by atoms with Crippen LogP contribution in [0.1, 0.15) is 6.92 Å². The molecule has 0 saturated carbocycles. The second-order valence-electron chi connectivity index (χ2n) is 3.34. The molecule has 1 amide bonds. The van der Waals surface area contributed by atoms with Crippen molar-refractivity contribution in [1.82, 2.24) is 9.80 Å². The summed E-state index contributed by atoms with van der Waals surface area (Å²) in [6.07, 6.45) is 1.84. The van der Waals surface area contributed by atoms with Gasteiger partial charge in [-0.25, -0.2) is 0 Å². The van der Waals surface area contributed by atoms with Crippen LogP contribution in [0.2, 0.25) is 0 Å². The fourth-order valence-electron chi connectivity index (χ4n) is 1.43. The standard InChI is InChI=1S/C9H16N2O/c1-4-5-11-6-8(2)10(3)9(12)7-11/h4,8H,1,5-7H2,2-3H3. The minimum atomic E-state index is 0.204. The van der Waals surface area contributed by atoms with Gasteiger partial charge in [0.15, 0.2) is 0 Å². The van der Waals surface area contributed by atoms with Crippen LogP contribution in [0.15, 0.2) is 12.7 Å². The third-order valence-corrected chi connectivity index (χ3v) is 2.32. The lowest BCUT2D eigenvalue weighted by Gasteiger charge is -2.36. The minimum Gasteiger partial charge on any atom is -0.341 e. The van der Waals surface area contributed by atoms with Gasteiger partial charge in [-0.15, -0.1) is 6.58 Å². The first-order chi connectivity index (χ1) is 5.65. The van der Waals surface area contributed by atoms with Crippen molar-refractivity contribution in [3.8, 4) is 0 Å². The molecule has 0 aromatic heterocycles. The van der Waals surface area contributed by atoms with Crippen molar-refractivity contribution in [2.45, 2.75) is 13.0 Å². The van der Waals surface area contributed by atoms with E-state index in [1.807, 2.05) is 13.1 Å². The molecule has 3 heteroatoms. The summed E-state index contributed by atoms with van der Waals surface area (Å²) in [6, 6.07) is 0.325. The first-order valence-electron chi connectivity index (χ1n) is 4.24. The monoisotopic (exact) mass is 168 g/mol. The van der Waals surface area contributed by atoms with Gasteiger partial charge in [0.1, 0.15) is 0 Å². The van der Waals surface area contributed by atoms with Gasteiger partial charge in [0, 0.05) is 26.2 Å². The lowest BCUT2D eigenvalue weighted by atomic mass is 10.2. The molecule has 12 heavy (non-hydrogen) atoms. The highest BCUT2D eigenvalue weighted by atomic mass is 16.2. The number of hydrogen-bond acceptors (Lipinski definition) is 2. The van der Waals surface area contributed by atoms with Crippen LogP contribution in [0.4, 0.5) is 0 Å². The van der Waals surface area contributed by atoms with Crippen LogP contribution >= 0.6 is 0 Å². The molecular weight excluding hydrogens is 152 g/mol. The van der Waals surface area contributed by atoms with Gasteiger partial charge in [0.05, 0.1) is 6.54 Å². The summed E-state index contributed by atoms with van der Waals surface area (Å²) in [5, 5.41) is 0. The molecule has 1 saturated heterocycles. The number of hydrogen-bond donors (Lipinski definition) is 0. The Balaban J connectivity index is 2.53. The summed E-state index contributed by atoms with van der Waals surface area (Å²) < 4.78 is 0. The van der Waals surface area contributed by atoms with Crippen molar-refractivity contribution in [2.75, 3.05) is 26.7 Å². The molecule has 1 rings (SSSR count). The molecule has 1 aliphatic rings. The zero-order valence-electron chi connectivity index (χ0n) is 7.79. The minimum absolute atomic E-state index is 0.204. The van der Waals surface area contributed by atoms with Gasteiger partial charge in [-0.2, -0.15) is 0 Å². The molecule has 1 fully saturated rings. The maximum absolute atomic E-state index is 11.3. The SMILES string of the molecule is C=CCN1CC(=O)N(C)C(C)C1. The maximum Gasteiger partial charge on any atom is 0.236 e. The van der Waals surface area contributed by atoms with E-state index in [-0.39, 0.29) is 5.91 Å². The Labute approximate surface area is 73.6 Å². The summed E-state index contributed by atoms with van der Waals surface area (Å²) in [5.41, 5.74) is 0. The second-order valence-corrected chi connectivity index (χ2v) is 3.34. The van der Waals surface area contributed by atoms with Crippen LogP contribution in [-0.4, -0.2) is 48.4 Å². The molecule has 0 aromatic carbocycles. The van der Waals surface area contributed by atoms with E-state index in [0.717, 1.165) is 13.1 Å². The number of piperazine rings is 1. The normalized spacial score (nSPS) is 26.0. The summed E-state index contributed by atoms with van der Waals surface area (Å²) in [7, 11) is 1.86. The maximum atomic E-state index is 11.3. The molecule has 0 radical (unpaired) electrons. The average Bonchev–Trinajstić information content (AvgIpc) is 2.01. The van der Waals surface area contributed by atoms with Crippen molar-refractivity contribution < 1.29 is 4.79 Å². The molecule has 1 heterocycles.